The molecule has 2 N–H and O–H groups in total. The molecule has 1 fully saturated rings. The standard InChI is InChI=1S/C18H26N2O3S/c1-3-4-9-23-18(22)15-13-10-12(19-2)7-8-14(13)24-17(15)20-16(21)11-5-6-11/h11-12,19H,3-10H2,1-2H3,(H,20,21). The van der Waals surface area contributed by atoms with Gasteiger partial charge in [0.2, 0.25) is 5.91 Å². The number of hydrogen-bond donors (Lipinski definition) is 2. The maximum absolute atomic E-state index is 12.6. The minimum Gasteiger partial charge on any atom is -0.462 e. The Morgan fingerprint density at radius 2 is 2.08 bits per heavy atom. The second kappa shape index (κ2) is 7.66. The Labute approximate surface area is 147 Å². The number of hydrogen-bond acceptors (Lipinski definition) is 5. The Hall–Kier alpha value is -1.40. The zero-order valence-corrected chi connectivity index (χ0v) is 15.3. The number of fused-ring (bicyclic) bond motifs is 1. The van der Waals surface area contributed by atoms with Crippen molar-refractivity contribution >= 4 is 28.2 Å². The normalized spacial score (nSPS) is 19.7. The predicted molar refractivity (Wildman–Crippen MR) is 95.7 cm³/mol. The van der Waals surface area contributed by atoms with Crippen LogP contribution in [0.25, 0.3) is 0 Å². The van der Waals surface area contributed by atoms with Crippen molar-refractivity contribution in [2.24, 2.45) is 5.92 Å². The third-order valence-corrected chi connectivity index (χ3v) is 6.00. The van der Waals surface area contributed by atoms with Gasteiger partial charge < -0.3 is 15.4 Å². The molecule has 1 unspecified atom stereocenters. The highest BCUT2D eigenvalue weighted by Gasteiger charge is 2.34. The molecule has 5 nitrogen and oxygen atoms in total. The Kier molecular flexibility index (Phi) is 5.56. The molecule has 0 bridgehead atoms. The summed E-state index contributed by atoms with van der Waals surface area (Å²) in [5.41, 5.74) is 1.67. The summed E-state index contributed by atoms with van der Waals surface area (Å²) in [7, 11) is 1.96. The molecule has 1 heterocycles. The molecular weight excluding hydrogens is 324 g/mol. The van der Waals surface area contributed by atoms with E-state index in [1.54, 1.807) is 11.3 Å². The Bertz CT molecular complexity index is 622. The van der Waals surface area contributed by atoms with E-state index in [1.807, 2.05) is 7.05 Å². The van der Waals surface area contributed by atoms with Crippen molar-refractivity contribution in [3.63, 3.8) is 0 Å². The molecule has 3 rings (SSSR count). The van der Waals surface area contributed by atoms with Crippen molar-refractivity contribution in [2.45, 2.75) is 57.9 Å². The fourth-order valence-electron chi connectivity index (χ4n) is 3.08. The zero-order valence-electron chi connectivity index (χ0n) is 14.4. The van der Waals surface area contributed by atoms with Gasteiger partial charge in [-0.05, 0) is 51.1 Å². The molecule has 0 aromatic carbocycles. The number of ether oxygens (including phenoxy) is 1. The highest BCUT2D eigenvalue weighted by molar-refractivity contribution is 7.17. The van der Waals surface area contributed by atoms with Gasteiger partial charge in [-0.25, -0.2) is 4.79 Å². The number of thiophene rings is 1. The van der Waals surface area contributed by atoms with E-state index in [0.717, 1.165) is 50.5 Å². The van der Waals surface area contributed by atoms with Gasteiger partial charge in [0.05, 0.1) is 12.2 Å². The van der Waals surface area contributed by atoms with E-state index in [0.29, 0.717) is 23.2 Å². The number of nitrogens with one attached hydrogen (secondary N) is 2. The number of rotatable bonds is 7. The van der Waals surface area contributed by atoms with Gasteiger partial charge in [0.25, 0.3) is 0 Å². The molecular formula is C18H26N2O3S. The number of carbonyl (C=O) groups is 2. The number of amides is 1. The van der Waals surface area contributed by atoms with Crippen LogP contribution in [0, 0.1) is 5.92 Å². The molecule has 0 radical (unpaired) electrons. The van der Waals surface area contributed by atoms with Gasteiger partial charge >= 0.3 is 5.97 Å². The number of carbonyl (C=O) groups excluding carboxylic acids is 2. The van der Waals surface area contributed by atoms with Crippen molar-refractivity contribution in [3.05, 3.63) is 16.0 Å². The Morgan fingerprint density at radius 3 is 2.75 bits per heavy atom. The van der Waals surface area contributed by atoms with Crippen LogP contribution < -0.4 is 10.6 Å². The molecule has 0 saturated heterocycles. The lowest BCUT2D eigenvalue weighted by atomic mass is 9.91. The minimum atomic E-state index is -0.288. The molecule has 6 heteroatoms. The quantitative estimate of drug-likeness (QED) is 0.586. The van der Waals surface area contributed by atoms with Crippen LogP contribution in [-0.2, 0) is 22.4 Å². The van der Waals surface area contributed by atoms with Gasteiger partial charge in [-0.2, -0.15) is 0 Å². The van der Waals surface area contributed by atoms with Crippen LogP contribution in [0.3, 0.4) is 0 Å². The first-order valence-electron chi connectivity index (χ1n) is 8.93. The van der Waals surface area contributed by atoms with E-state index >= 15 is 0 Å². The van der Waals surface area contributed by atoms with E-state index in [1.165, 1.54) is 4.88 Å². The molecule has 1 amide bonds. The van der Waals surface area contributed by atoms with Crippen LogP contribution in [0.2, 0.25) is 0 Å². The summed E-state index contributed by atoms with van der Waals surface area (Å²) in [6.45, 7) is 2.50. The Balaban J connectivity index is 1.84. The number of esters is 1. The monoisotopic (exact) mass is 350 g/mol. The molecule has 0 aliphatic heterocycles. The van der Waals surface area contributed by atoms with Gasteiger partial charge in [0, 0.05) is 16.8 Å². The smallest absolute Gasteiger partial charge is 0.341 e. The topological polar surface area (TPSA) is 67.4 Å². The summed E-state index contributed by atoms with van der Waals surface area (Å²) in [6.07, 6.45) is 6.58. The second-order valence-corrected chi connectivity index (χ2v) is 7.79. The van der Waals surface area contributed by atoms with Gasteiger partial charge in [-0.15, -0.1) is 11.3 Å². The lowest BCUT2D eigenvalue weighted by molar-refractivity contribution is -0.117. The van der Waals surface area contributed by atoms with Gasteiger partial charge in [0.15, 0.2) is 0 Å². The molecule has 1 aromatic heterocycles. The van der Waals surface area contributed by atoms with E-state index in [-0.39, 0.29) is 17.8 Å². The fraction of sp³-hybridized carbons (Fsp3) is 0.667. The summed E-state index contributed by atoms with van der Waals surface area (Å²) in [4.78, 5) is 26.0. The van der Waals surface area contributed by atoms with E-state index in [4.69, 9.17) is 4.74 Å². The number of likely N-dealkylation sites (N-methyl/N-ethyl adjacent to an activating group) is 1. The van der Waals surface area contributed by atoms with E-state index < -0.39 is 0 Å². The number of aryl methyl sites for hydroxylation is 1. The minimum absolute atomic E-state index is 0.0429. The van der Waals surface area contributed by atoms with Crippen LogP contribution in [-0.4, -0.2) is 31.6 Å². The van der Waals surface area contributed by atoms with Gasteiger partial charge in [0.1, 0.15) is 5.00 Å². The first kappa shape index (κ1) is 17.4. The molecule has 1 atom stereocenters. The van der Waals surface area contributed by atoms with Crippen molar-refractivity contribution < 1.29 is 14.3 Å². The molecule has 24 heavy (non-hydrogen) atoms. The molecule has 1 aromatic rings. The average molecular weight is 350 g/mol. The largest absolute Gasteiger partial charge is 0.462 e. The van der Waals surface area contributed by atoms with Gasteiger partial charge in [-0.1, -0.05) is 13.3 Å². The number of unbranched alkanes of at least 4 members (excludes halogenated alkanes) is 1. The highest BCUT2D eigenvalue weighted by Crippen LogP contribution is 2.40. The highest BCUT2D eigenvalue weighted by atomic mass is 32.1. The average Bonchev–Trinajstić information content (AvgIpc) is 3.36. The Morgan fingerprint density at radius 1 is 1.29 bits per heavy atom. The summed E-state index contributed by atoms with van der Waals surface area (Å²) >= 11 is 1.55. The molecule has 0 spiro atoms. The molecule has 2 aliphatic carbocycles. The van der Waals surface area contributed by atoms with E-state index in [9.17, 15) is 9.59 Å². The van der Waals surface area contributed by atoms with Crippen molar-refractivity contribution in [3.8, 4) is 0 Å². The summed E-state index contributed by atoms with van der Waals surface area (Å²) in [5.74, 6) is -0.122. The predicted octanol–water partition coefficient (Wildman–Crippen LogP) is 3.13. The lowest BCUT2D eigenvalue weighted by Crippen LogP contribution is -2.31. The summed E-state index contributed by atoms with van der Waals surface area (Å²) in [6, 6.07) is 0.376. The lowest BCUT2D eigenvalue weighted by Gasteiger charge is -2.22. The molecule has 132 valence electrons. The maximum Gasteiger partial charge on any atom is 0.341 e. The summed E-state index contributed by atoms with van der Waals surface area (Å²) < 4.78 is 5.46. The van der Waals surface area contributed by atoms with Crippen molar-refractivity contribution in [2.75, 3.05) is 19.0 Å². The first-order chi connectivity index (χ1) is 11.6. The van der Waals surface area contributed by atoms with Crippen molar-refractivity contribution in [1.82, 2.24) is 5.32 Å². The molecule has 2 aliphatic rings. The van der Waals surface area contributed by atoms with E-state index in [2.05, 4.69) is 17.6 Å². The van der Waals surface area contributed by atoms with Crippen LogP contribution >= 0.6 is 11.3 Å². The first-order valence-corrected chi connectivity index (χ1v) is 9.75. The number of anilines is 1. The maximum atomic E-state index is 12.6. The third kappa shape index (κ3) is 3.81. The summed E-state index contributed by atoms with van der Waals surface area (Å²) in [5, 5.41) is 6.99. The van der Waals surface area contributed by atoms with Crippen LogP contribution in [0.5, 0.6) is 0 Å². The van der Waals surface area contributed by atoms with Crippen molar-refractivity contribution in [1.29, 1.82) is 0 Å². The second-order valence-electron chi connectivity index (χ2n) is 6.69. The SMILES string of the molecule is CCCCOC(=O)c1c(NC(=O)C2CC2)sc2c1CC(NC)CC2. The fourth-order valence-corrected chi connectivity index (χ4v) is 4.31. The molecule has 1 saturated carbocycles. The van der Waals surface area contributed by atoms with Crippen LogP contribution in [0.1, 0.15) is 59.8 Å². The van der Waals surface area contributed by atoms with Crippen LogP contribution in [0.4, 0.5) is 5.00 Å². The zero-order chi connectivity index (χ0) is 17.1. The van der Waals surface area contributed by atoms with Crippen LogP contribution in [0.15, 0.2) is 0 Å². The third-order valence-electron chi connectivity index (χ3n) is 4.79. The van der Waals surface area contributed by atoms with Gasteiger partial charge in [-0.3, -0.25) is 4.79 Å².